The van der Waals surface area contributed by atoms with Gasteiger partial charge in [0.1, 0.15) is 11.6 Å². The van der Waals surface area contributed by atoms with Gasteiger partial charge in [0.05, 0.1) is 12.7 Å². The Bertz CT molecular complexity index is 895. The summed E-state index contributed by atoms with van der Waals surface area (Å²) in [6.07, 6.45) is 8.30. The largest absolute Gasteiger partial charge is 0.453 e. The van der Waals surface area contributed by atoms with E-state index in [4.69, 9.17) is 0 Å². The standard InChI is InChI=1S/C28H44F2N4O4/c1-31-18-25(14-20-8-4-3-5-9-20)33-26(35)34-13-6-10-21(19-34)28(37,11-7-12-32-27(36)38-2)22-15-23(29)17-24(30)16-22/h15-17,20-21,25,31,37H,3-14,18-19H2,1-2H3,(H,32,36)(H,33,35)/t21-,25+,28+/m1/s1. The van der Waals surface area contributed by atoms with Crippen LogP contribution in [-0.4, -0.2) is 68.5 Å². The molecule has 1 aliphatic heterocycles. The molecule has 10 heteroatoms. The van der Waals surface area contributed by atoms with Gasteiger partial charge in [-0.1, -0.05) is 32.1 Å². The van der Waals surface area contributed by atoms with Crippen LogP contribution in [-0.2, 0) is 10.3 Å². The number of amides is 3. The van der Waals surface area contributed by atoms with Crippen LogP contribution in [0.4, 0.5) is 18.4 Å². The van der Waals surface area contributed by atoms with Crippen LogP contribution in [0.25, 0.3) is 0 Å². The average Bonchev–Trinajstić information content (AvgIpc) is 2.91. The molecule has 3 amide bonds. The Morgan fingerprint density at radius 3 is 2.50 bits per heavy atom. The van der Waals surface area contributed by atoms with Gasteiger partial charge >= 0.3 is 12.1 Å². The normalized spacial score (nSPS) is 20.9. The topological polar surface area (TPSA) is 103 Å². The third-order valence-corrected chi connectivity index (χ3v) is 8.06. The number of aliphatic hydroxyl groups is 1. The number of carbonyl (C=O) groups is 2. The zero-order valence-electron chi connectivity index (χ0n) is 22.7. The second kappa shape index (κ2) is 14.6. The van der Waals surface area contributed by atoms with Crippen LogP contribution in [0.2, 0.25) is 0 Å². The summed E-state index contributed by atoms with van der Waals surface area (Å²) < 4.78 is 32.9. The van der Waals surface area contributed by atoms with Gasteiger partial charge < -0.3 is 30.7 Å². The molecule has 1 saturated carbocycles. The second-order valence-electron chi connectivity index (χ2n) is 10.8. The predicted molar refractivity (Wildman–Crippen MR) is 142 cm³/mol. The van der Waals surface area contributed by atoms with Crippen molar-refractivity contribution in [3.05, 3.63) is 35.4 Å². The first-order chi connectivity index (χ1) is 18.2. The molecule has 1 heterocycles. The van der Waals surface area contributed by atoms with Gasteiger partial charge in [0.25, 0.3) is 0 Å². The Hall–Kier alpha value is -2.46. The lowest BCUT2D eigenvalue weighted by Crippen LogP contribution is -2.54. The van der Waals surface area contributed by atoms with Gasteiger partial charge in [0, 0.05) is 44.2 Å². The number of nitrogens with one attached hydrogen (secondary N) is 3. The molecule has 4 N–H and O–H groups in total. The van der Waals surface area contributed by atoms with E-state index in [1.54, 1.807) is 4.90 Å². The molecule has 0 unspecified atom stereocenters. The van der Waals surface area contributed by atoms with Gasteiger partial charge in [0.15, 0.2) is 0 Å². The Balaban J connectivity index is 1.71. The van der Waals surface area contributed by atoms with Gasteiger partial charge in [-0.15, -0.1) is 0 Å². The van der Waals surface area contributed by atoms with Crippen molar-refractivity contribution in [2.45, 2.75) is 75.9 Å². The SMILES string of the molecule is CNC[C@H](CC1CCCCC1)NC(=O)N1CCC[C@@H]([C@@](O)(CCCNC(=O)OC)c2cc(F)cc(F)c2)C1. The summed E-state index contributed by atoms with van der Waals surface area (Å²) in [6, 6.07) is 2.92. The Morgan fingerprint density at radius 2 is 1.84 bits per heavy atom. The van der Waals surface area contributed by atoms with Crippen molar-refractivity contribution < 1.29 is 28.2 Å². The number of likely N-dealkylation sites (N-methyl/N-ethyl adjacent to an activating group) is 1. The number of rotatable bonds is 11. The molecule has 8 nitrogen and oxygen atoms in total. The molecule has 0 bridgehead atoms. The van der Waals surface area contributed by atoms with Crippen LogP contribution in [0.5, 0.6) is 0 Å². The fourth-order valence-electron chi connectivity index (χ4n) is 6.09. The van der Waals surface area contributed by atoms with Crippen molar-refractivity contribution in [2.75, 3.05) is 40.3 Å². The van der Waals surface area contributed by atoms with Gasteiger partial charge in [-0.3, -0.25) is 0 Å². The summed E-state index contributed by atoms with van der Waals surface area (Å²) in [7, 11) is 3.14. The van der Waals surface area contributed by atoms with Crippen molar-refractivity contribution in [3.8, 4) is 0 Å². The highest BCUT2D eigenvalue weighted by Crippen LogP contribution is 2.40. The predicted octanol–water partition coefficient (Wildman–Crippen LogP) is 4.27. The lowest BCUT2D eigenvalue weighted by molar-refractivity contribution is -0.0556. The molecule has 1 aromatic carbocycles. The number of carbonyl (C=O) groups excluding carboxylic acids is 2. The van der Waals surface area contributed by atoms with Crippen molar-refractivity contribution in [2.24, 2.45) is 11.8 Å². The summed E-state index contributed by atoms with van der Waals surface area (Å²) in [5, 5.41) is 20.9. The smallest absolute Gasteiger partial charge is 0.406 e. The van der Waals surface area contributed by atoms with Gasteiger partial charge in [-0.25, -0.2) is 18.4 Å². The van der Waals surface area contributed by atoms with E-state index < -0.39 is 29.2 Å². The molecule has 0 radical (unpaired) electrons. The molecular weight excluding hydrogens is 494 g/mol. The van der Waals surface area contributed by atoms with Crippen LogP contribution in [0, 0.1) is 23.5 Å². The summed E-state index contributed by atoms with van der Waals surface area (Å²) in [5.74, 6) is -1.35. The fourth-order valence-corrected chi connectivity index (χ4v) is 6.09. The van der Waals surface area contributed by atoms with E-state index >= 15 is 0 Å². The van der Waals surface area contributed by atoms with Gasteiger partial charge in [-0.05, 0) is 62.8 Å². The molecule has 1 aliphatic carbocycles. The summed E-state index contributed by atoms with van der Waals surface area (Å²) >= 11 is 0. The third kappa shape index (κ3) is 8.53. The molecule has 1 aromatic rings. The molecular formula is C28H44F2N4O4. The first-order valence-electron chi connectivity index (χ1n) is 14.0. The number of nitrogens with zero attached hydrogens (tertiary/aromatic N) is 1. The van der Waals surface area contributed by atoms with Crippen LogP contribution in [0.15, 0.2) is 18.2 Å². The number of alkyl carbamates (subject to hydrolysis) is 1. The van der Waals surface area contributed by atoms with Crippen molar-refractivity contribution in [1.29, 1.82) is 0 Å². The second-order valence-corrected chi connectivity index (χ2v) is 10.8. The number of benzene rings is 1. The lowest BCUT2D eigenvalue weighted by atomic mass is 9.74. The van der Waals surface area contributed by atoms with Gasteiger partial charge in [0.2, 0.25) is 0 Å². The quantitative estimate of drug-likeness (QED) is 0.315. The summed E-state index contributed by atoms with van der Waals surface area (Å²) in [5.41, 5.74) is -1.43. The highest BCUT2D eigenvalue weighted by Gasteiger charge is 2.42. The zero-order chi connectivity index (χ0) is 27.5. The first kappa shape index (κ1) is 30.1. The zero-order valence-corrected chi connectivity index (χ0v) is 22.7. The van der Waals surface area contributed by atoms with E-state index in [0.29, 0.717) is 38.3 Å². The first-order valence-corrected chi connectivity index (χ1v) is 14.0. The maximum absolute atomic E-state index is 14.2. The minimum atomic E-state index is -1.58. The van der Waals surface area contributed by atoms with Gasteiger partial charge in [-0.2, -0.15) is 0 Å². The Kier molecular flexibility index (Phi) is 11.6. The molecule has 2 fully saturated rings. The van der Waals surface area contributed by atoms with Crippen LogP contribution in [0.1, 0.15) is 69.8 Å². The summed E-state index contributed by atoms with van der Waals surface area (Å²) in [4.78, 5) is 26.5. The molecule has 38 heavy (non-hydrogen) atoms. The van der Waals surface area contributed by atoms with E-state index in [0.717, 1.165) is 24.6 Å². The van der Waals surface area contributed by atoms with E-state index in [2.05, 4.69) is 20.7 Å². The number of ether oxygens (including phenoxy) is 1. The minimum Gasteiger partial charge on any atom is -0.453 e. The third-order valence-electron chi connectivity index (χ3n) is 8.06. The Morgan fingerprint density at radius 1 is 1.13 bits per heavy atom. The number of methoxy groups -OCH3 is 1. The van der Waals surface area contributed by atoms with E-state index in [-0.39, 0.29) is 37.1 Å². The molecule has 214 valence electrons. The molecule has 2 aliphatic rings. The lowest BCUT2D eigenvalue weighted by Gasteiger charge is -2.43. The number of hydrogen-bond acceptors (Lipinski definition) is 5. The number of likely N-dealkylation sites (tertiary alicyclic amines) is 1. The molecule has 0 spiro atoms. The number of urea groups is 1. The number of hydrogen-bond donors (Lipinski definition) is 4. The molecule has 1 saturated heterocycles. The fraction of sp³-hybridized carbons (Fsp3) is 0.714. The van der Waals surface area contributed by atoms with Crippen molar-refractivity contribution >= 4 is 12.1 Å². The monoisotopic (exact) mass is 538 g/mol. The summed E-state index contributed by atoms with van der Waals surface area (Å²) in [6.45, 7) is 1.73. The molecule has 0 aromatic heterocycles. The van der Waals surface area contributed by atoms with Crippen molar-refractivity contribution in [3.63, 3.8) is 0 Å². The molecule has 3 rings (SSSR count). The molecule has 3 atom stereocenters. The average molecular weight is 539 g/mol. The van der Waals surface area contributed by atoms with E-state index in [9.17, 15) is 23.5 Å². The Labute approximate surface area is 224 Å². The van der Waals surface area contributed by atoms with Crippen molar-refractivity contribution in [1.82, 2.24) is 20.9 Å². The number of piperidine rings is 1. The van der Waals surface area contributed by atoms with Crippen LogP contribution < -0.4 is 16.0 Å². The maximum Gasteiger partial charge on any atom is 0.406 e. The minimum absolute atomic E-state index is 0.0107. The number of halogens is 2. The highest BCUT2D eigenvalue weighted by molar-refractivity contribution is 5.74. The van der Waals surface area contributed by atoms with E-state index in [1.165, 1.54) is 39.2 Å². The van der Waals surface area contributed by atoms with E-state index in [1.807, 2.05) is 7.05 Å². The maximum atomic E-state index is 14.2. The van der Waals surface area contributed by atoms with Crippen LogP contribution in [0.3, 0.4) is 0 Å². The van der Waals surface area contributed by atoms with Crippen LogP contribution >= 0.6 is 0 Å². The highest BCUT2D eigenvalue weighted by atomic mass is 19.1.